The Hall–Kier alpha value is -1.98. The molecule has 0 saturated heterocycles. The number of nitrogens with zero attached hydrogens (tertiary/aromatic N) is 5. The van der Waals surface area contributed by atoms with E-state index in [4.69, 9.17) is 0 Å². The minimum Gasteiger partial charge on any atom is -0.333 e. The van der Waals surface area contributed by atoms with Gasteiger partial charge in [-0.25, -0.2) is 9.50 Å². The minimum absolute atomic E-state index is 0.0752. The summed E-state index contributed by atoms with van der Waals surface area (Å²) in [5.74, 6) is 1.11. The van der Waals surface area contributed by atoms with Crippen molar-refractivity contribution in [3.63, 3.8) is 0 Å². The van der Waals surface area contributed by atoms with Gasteiger partial charge in [0.2, 0.25) is 5.82 Å². The van der Waals surface area contributed by atoms with Crippen molar-refractivity contribution in [3.05, 3.63) is 23.3 Å². The third-order valence-corrected chi connectivity index (χ3v) is 3.62. The van der Waals surface area contributed by atoms with E-state index in [9.17, 15) is 4.79 Å². The minimum atomic E-state index is -0.0752. The Morgan fingerprint density at radius 3 is 2.71 bits per heavy atom. The predicted octanol–water partition coefficient (Wildman–Crippen LogP) is 2.00. The lowest BCUT2D eigenvalue weighted by molar-refractivity contribution is 0.0710. The lowest BCUT2D eigenvalue weighted by Gasteiger charge is -2.22. The molecule has 0 aliphatic heterocycles. The summed E-state index contributed by atoms with van der Waals surface area (Å²) in [6.07, 6.45) is 2.17. The van der Waals surface area contributed by atoms with E-state index in [1.165, 1.54) is 0 Å². The van der Waals surface area contributed by atoms with Crippen molar-refractivity contribution in [1.29, 1.82) is 0 Å². The van der Waals surface area contributed by atoms with Crippen LogP contribution in [0.25, 0.3) is 5.78 Å². The number of fused-ring (bicyclic) bond motifs is 1. The number of carbonyl (C=O) groups excluding carboxylic acids is 1. The van der Waals surface area contributed by atoms with Crippen LogP contribution >= 0.6 is 0 Å². The second-order valence-electron chi connectivity index (χ2n) is 6.27. The molecule has 0 unspecified atom stereocenters. The smallest absolute Gasteiger partial charge is 0.293 e. The van der Waals surface area contributed by atoms with Crippen molar-refractivity contribution in [3.8, 4) is 0 Å². The van der Waals surface area contributed by atoms with Crippen LogP contribution in [-0.4, -0.2) is 43.0 Å². The van der Waals surface area contributed by atoms with Crippen LogP contribution in [0.15, 0.2) is 6.07 Å². The van der Waals surface area contributed by atoms with Crippen LogP contribution in [0.3, 0.4) is 0 Å². The van der Waals surface area contributed by atoms with Gasteiger partial charge in [0.15, 0.2) is 0 Å². The molecule has 1 saturated carbocycles. The SMILES string of the molecule is Cc1cc(C)n2nc(C(=O)N(CC(C)C)C3CC3)nc2n1. The second-order valence-corrected chi connectivity index (χ2v) is 6.27. The molecule has 1 aliphatic carbocycles. The van der Waals surface area contributed by atoms with E-state index < -0.39 is 0 Å². The fourth-order valence-corrected chi connectivity index (χ4v) is 2.56. The molecule has 21 heavy (non-hydrogen) atoms. The molecule has 1 fully saturated rings. The summed E-state index contributed by atoms with van der Waals surface area (Å²) in [7, 11) is 0. The molecule has 6 heteroatoms. The summed E-state index contributed by atoms with van der Waals surface area (Å²) in [6, 6.07) is 2.30. The number of rotatable bonds is 4. The van der Waals surface area contributed by atoms with Crippen LogP contribution < -0.4 is 0 Å². The lowest BCUT2D eigenvalue weighted by Crippen LogP contribution is -2.36. The summed E-state index contributed by atoms with van der Waals surface area (Å²) >= 11 is 0. The first kappa shape index (κ1) is 14.0. The molecule has 6 nitrogen and oxygen atoms in total. The molecule has 0 N–H and O–H groups in total. The van der Waals surface area contributed by atoms with E-state index in [2.05, 4.69) is 28.9 Å². The number of hydrogen-bond donors (Lipinski definition) is 0. The van der Waals surface area contributed by atoms with Crippen molar-refractivity contribution in [1.82, 2.24) is 24.5 Å². The fraction of sp³-hybridized carbons (Fsp3) is 0.600. The summed E-state index contributed by atoms with van der Waals surface area (Å²) in [4.78, 5) is 23.3. The molecule has 2 aromatic rings. The number of aryl methyl sites for hydroxylation is 2. The van der Waals surface area contributed by atoms with E-state index >= 15 is 0 Å². The average Bonchev–Trinajstić information content (AvgIpc) is 3.14. The molecule has 0 aromatic carbocycles. The first-order valence-electron chi connectivity index (χ1n) is 7.47. The maximum absolute atomic E-state index is 12.7. The van der Waals surface area contributed by atoms with Gasteiger partial charge in [-0.2, -0.15) is 4.98 Å². The van der Waals surface area contributed by atoms with Gasteiger partial charge in [-0.05, 0) is 38.7 Å². The van der Waals surface area contributed by atoms with Gasteiger partial charge in [0.25, 0.3) is 11.7 Å². The van der Waals surface area contributed by atoms with Gasteiger partial charge in [0.1, 0.15) is 0 Å². The number of hydrogen-bond acceptors (Lipinski definition) is 4. The zero-order valence-electron chi connectivity index (χ0n) is 13.0. The van der Waals surface area contributed by atoms with Crippen molar-refractivity contribution in [2.45, 2.75) is 46.6 Å². The summed E-state index contributed by atoms with van der Waals surface area (Å²) in [5.41, 5.74) is 1.82. The molecular formula is C15H21N5O. The first-order chi connectivity index (χ1) is 9.95. The number of amides is 1. The van der Waals surface area contributed by atoms with Gasteiger partial charge in [-0.3, -0.25) is 4.79 Å². The highest BCUT2D eigenvalue weighted by Gasteiger charge is 2.35. The maximum atomic E-state index is 12.7. The largest absolute Gasteiger partial charge is 0.333 e. The molecule has 1 amide bonds. The van der Waals surface area contributed by atoms with Crippen LogP contribution in [0.5, 0.6) is 0 Å². The molecule has 0 radical (unpaired) electrons. The lowest BCUT2D eigenvalue weighted by atomic mass is 10.2. The molecular weight excluding hydrogens is 266 g/mol. The summed E-state index contributed by atoms with van der Waals surface area (Å²) in [6.45, 7) is 8.85. The third-order valence-electron chi connectivity index (χ3n) is 3.62. The Bertz CT molecular complexity index is 687. The van der Waals surface area contributed by atoms with Crippen LogP contribution in [0.4, 0.5) is 0 Å². The standard InChI is InChI=1S/C15H21N5O/c1-9(2)8-19(12-5-6-12)14(21)13-17-15-16-10(3)7-11(4)20(15)18-13/h7,9,12H,5-6,8H2,1-4H3. The Morgan fingerprint density at radius 1 is 1.38 bits per heavy atom. The Labute approximate surface area is 124 Å². The van der Waals surface area contributed by atoms with Crippen LogP contribution in [0, 0.1) is 19.8 Å². The maximum Gasteiger partial charge on any atom is 0.293 e. The molecule has 0 atom stereocenters. The summed E-state index contributed by atoms with van der Waals surface area (Å²) in [5, 5.41) is 4.34. The zero-order chi connectivity index (χ0) is 15.1. The molecule has 2 aromatic heterocycles. The topological polar surface area (TPSA) is 63.4 Å². The quantitative estimate of drug-likeness (QED) is 0.863. The molecule has 112 valence electrons. The Kier molecular flexibility index (Phi) is 3.39. The van der Waals surface area contributed by atoms with Gasteiger partial charge in [0, 0.05) is 24.0 Å². The predicted molar refractivity (Wildman–Crippen MR) is 79.2 cm³/mol. The van der Waals surface area contributed by atoms with E-state index in [1.54, 1.807) is 4.52 Å². The highest BCUT2D eigenvalue weighted by Crippen LogP contribution is 2.28. The molecule has 3 rings (SSSR count). The van der Waals surface area contributed by atoms with Gasteiger partial charge >= 0.3 is 0 Å². The van der Waals surface area contributed by atoms with E-state index in [1.807, 2.05) is 24.8 Å². The van der Waals surface area contributed by atoms with Crippen LogP contribution in [0.1, 0.15) is 48.7 Å². The monoisotopic (exact) mass is 287 g/mol. The van der Waals surface area contributed by atoms with E-state index in [-0.39, 0.29) is 11.7 Å². The summed E-state index contributed by atoms with van der Waals surface area (Å²) < 4.78 is 1.64. The highest BCUT2D eigenvalue weighted by atomic mass is 16.2. The molecule has 0 spiro atoms. The van der Waals surface area contributed by atoms with Crippen molar-refractivity contribution < 1.29 is 4.79 Å². The zero-order valence-corrected chi connectivity index (χ0v) is 13.0. The van der Waals surface area contributed by atoms with Crippen LogP contribution in [0.2, 0.25) is 0 Å². The van der Waals surface area contributed by atoms with Crippen molar-refractivity contribution in [2.24, 2.45) is 5.92 Å². The van der Waals surface area contributed by atoms with E-state index in [0.29, 0.717) is 17.7 Å². The second kappa shape index (κ2) is 5.09. The Morgan fingerprint density at radius 2 is 2.10 bits per heavy atom. The van der Waals surface area contributed by atoms with Gasteiger partial charge in [0.05, 0.1) is 0 Å². The van der Waals surface area contributed by atoms with Crippen LogP contribution in [-0.2, 0) is 0 Å². The average molecular weight is 287 g/mol. The van der Waals surface area contributed by atoms with E-state index in [0.717, 1.165) is 30.8 Å². The number of aromatic nitrogens is 4. The highest BCUT2D eigenvalue weighted by molar-refractivity contribution is 5.91. The van der Waals surface area contributed by atoms with Crippen molar-refractivity contribution >= 4 is 11.7 Å². The molecule has 2 heterocycles. The third kappa shape index (κ3) is 2.75. The first-order valence-corrected chi connectivity index (χ1v) is 7.47. The molecule has 0 bridgehead atoms. The van der Waals surface area contributed by atoms with Crippen molar-refractivity contribution in [2.75, 3.05) is 6.54 Å². The number of carbonyl (C=O) groups is 1. The Balaban J connectivity index is 1.95. The van der Waals surface area contributed by atoms with Gasteiger partial charge in [-0.1, -0.05) is 13.8 Å². The molecule has 1 aliphatic rings. The van der Waals surface area contributed by atoms with Gasteiger partial charge < -0.3 is 4.90 Å². The van der Waals surface area contributed by atoms with Gasteiger partial charge in [-0.15, -0.1) is 5.10 Å². The normalized spacial score (nSPS) is 14.9. The fourth-order valence-electron chi connectivity index (χ4n) is 2.56.